The van der Waals surface area contributed by atoms with Crippen molar-refractivity contribution in [3.63, 3.8) is 0 Å². The van der Waals surface area contributed by atoms with E-state index in [1.54, 1.807) is 0 Å². The van der Waals surface area contributed by atoms with Crippen molar-refractivity contribution in [3.05, 3.63) is 17.5 Å². The molecule has 0 aliphatic heterocycles. The number of hydrogen-bond donors (Lipinski definition) is 3. The van der Waals surface area contributed by atoms with Gasteiger partial charge in [-0.1, -0.05) is 21.5 Å². The standard InChI is InChI=1S/C10H18N3O3P/c1-3-10(2,13-17)6-11-9(15)8-4-7(5-14)16-12-8/h4,13-14H,3,5-6,17H2,1-2H3,(H,11,15). The van der Waals surface area contributed by atoms with Gasteiger partial charge in [-0.3, -0.25) is 9.88 Å². The third-order valence-electron chi connectivity index (χ3n) is 2.72. The predicted molar refractivity (Wildman–Crippen MR) is 66.3 cm³/mol. The molecular weight excluding hydrogens is 241 g/mol. The first kappa shape index (κ1) is 14.1. The van der Waals surface area contributed by atoms with Crippen molar-refractivity contribution in [2.45, 2.75) is 32.4 Å². The monoisotopic (exact) mass is 259 g/mol. The highest BCUT2D eigenvalue weighted by Crippen LogP contribution is 2.10. The molecule has 0 aromatic carbocycles. The van der Waals surface area contributed by atoms with Crippen molar-refractivity contribution >= 4 is 15.3 Å². The number of nitrogens with zero attached hydrogens (tertiary/aromatic N) is 1. The van der Waals surface area contributed by atoms with Crippen LogP contribution < -0.4 is 10.4 Å². The summed E-state index contributed by atoms with van der Waals surface area (Å²) >= 11 is 0. The van der Waals surface area contributed by atoms with E-state index in [9.17, 15) is 4.79 Å². The zero-order valence-corrected chi connectivity index (χ0v) is 11.1. The third-order valence-corrected chi connectivity index (χ3v) is 3.41. The Morgan fingerprint density at radius 3 is 2.88 bits per heavy atom. The molecule has 0 aliphatic rings. The Bertz CT molecular complexity index is 377. The Balaban J connectivity index is 2.55. The van der Waals surface area contributed by atoms with Crippen LogP contribution in [0.25, 0.3) is 0 Å². The number of aliphatic hydroxyl groups excluding tert-OH is 1. The van der Waals surface area contributed by atoms with E-state index < -0.39 is 0 Å². The van der Waals surface area contributed by atoms with Gasteiger partial charge in [-0.15, -0.1) is 0 Å². The van der Waals surface area contributed by atoms with Crippen molar-refractivity contribution in [2.24, 2.45) is 0 Å². The molecular formula is C10H18N3O3P. The smallest absolute Gasteiger partial charge is 0.273 e. The van der Waals surface area contributed by atoms with Crippen LogP contribution in [0.1, 0.15) is 36.5 Å². The van der Waals surface area contributed by atoms with E-state index in [1.807, 2.05) is 13.8 Å². The van der Waals surface area contributed by atoms with Crippen LogP contribution in [-0.4, -0.2) is 28.3 Å². The Morgan fingerprint density at radius 2 is 2.41 bits per heavy atom. The fraction of sp³-hybridized carbons (Fsp3) is 0.600. The maximum absolute atomic E-state index is 11.7. The number of carbonyl (C=O) groups excluding carboxylic acids is 1. The topological polar surface area (TPSA) is 87.4 Å². The van der Waals surface area contributed by atoms with Crippen LogP contribution in [0.15, 0.2) is 10.6 Å². The summed E-state index contributed by atoms with van der Waals surface area (Å²) in [6.07, 6.45) is 0.873. The largest absolute Gasteiger partial charge is 0.388 e. The van der Waals surface area contributed by atoms with Gasteiger partial charge in [0.05, 0.1) is 0 Å². The van der Waals surface area contributed by atoms with E-state index in [0.717, 1.165) is 6.42 Å². The zero-order valence-electron chi connectivity index (χ0n) is 9.99. The lowest BCUT2D eigenvalue weighted by Crippen LogP contribution is -2.47. The molecule has 96 valence electrons. The van der Waals surface area contributed by atoms with E-state index >= 15 is 0 Å². The van der Waals surface area contributed by atoms with E-state index in [-0.39, 0.29) is 29.5 Å². The van der Waals surface area contributed by atoms with Crippen molar-refractivity contribution in [1.29, 1.82) is 0 Å². The van der Waals surface area contributed by atoms with Crippen LogP contribution in [0.2, 0.25) is 0 Å². The molecule has 0 fully saturated rings. The first-order valence-electron chi connectivity index (χ1n) is 5.37. The lowest BCUT2D eigenvalue weighted by Gasteiger charge is -2.27. The van der Waals surface area contributed by atoms with Crippen LogP contribution in [0.5, 0.6) is 0 Å². The van der Waals surface area contributed by atoms with Gasteiger partial charge in [0, 0.05) is 18.2 Å². The second-order valence-electron chi connectivity index (χ2n) is 4.08. The van der Waals surface area contributed by atoms with Crippen LogP contribution in [-0.2, 0) is 6.61 Å². The maximum atomic E-state index is 11.7. The van der Waals surface area contributed by atoms with Crippen LogP contribution in [0.4, 0.5) is 0 Å². The number of aromatic nitrogens is 1. The molecule has 1 rings (SSSR count). The Kier molecular flexibility index (Phi) is 5.05. The second kappa shape index (κ2) is 6.10. The molecule has 6 nitrogen and oxygen atoms in total. The molecule has 7 heteroatoms. The summed E-state index contributed by atoms with van der Waals surface area (Å²) in [5, 5.41) is 18.2. The molecule has 0 aliphatic carbocycles. The van der Waals surface area contributed by atoms with E-state index in [0.29, 0.717) is 6.54 Å². The summed E-state index contributed by atoms with van der Waals surface area (Å²) in [7, 11) is 2.45. The van der Waals surface area contributed by atoms with E-state index in [2.05, 4.69) is 25.0 Å². The molecule has 0 radical (unpaired) electrons. The number of aliphatic hydroxyl groups is 1. The number of carbonyl (C=O) groups is 1. The Labute approximate surface area is 102 Å². The van der Waals surface area contributed by atoms with Crippen molar-refractivity contribution < 1.29 is 14.4 Å². The molecule has 3 N–H and O–H groups in total. The molecule has 1 aromatic rings. The molecule has 1 heterocycles. The normalized spacial score (nSPS) is 14.4. The van der Waals surface area contributed by atoms with Gasteiger partial charge >= 0.3 is 0 Å². The number of amides is 1. The highest BCUT2D eigenvalue weighted by molar-refractivity contribution is 7.13. The average Bonchev–Trinajstić information content (AvgIpc) is 2.84. The minimum absolute atomic E-state index is 0.177. The number of rotatable bonds is 6. The lowest BCUT2D eigenvalue weighted by atomic mass is 10.0. The predicted octanol–water partition coefficient (Wildman–Crippen LogP) is 0.445. The highest BCUT2D eigenvalue weighted by Gasteiger charge is 2.21. The number of hydrogen-bond acceptors (Lipinski definition) is 5. The Morgan fingerprint density at radius 1 is 1.71 bits per heavy atom. The van der Waals surface area contributed by atoms with Gasteiger partial charge in [0.25, 0.3) is 5.91 Å². The van der Waals surface area contributed by atoms with Crippen molar-refractivity contribution in [3.8, 4) is 0 Å². The molecule has 0 spiro atoms. The van der Waals surface area contributed by atoms with Crippen LogP contribution >= 0.6 is 9.39 Å². The van der Waals surface area contributed by atoms with Gasteiger partial charge in [0.2, 0.25) is 0 Å². The van der Waals surface area contributed by atoms with Gasteiger partial charge in [0.15, 0.2) is 11.5 Å². The van der Waals surface area contributed by atoms with Gasteiger partial charge in [-0.25, -0.2) is 0 Å². The quantitative estimate of drug-likeness (QED) is 0.645. The van der Waals surface area contributed by atoms with Crippen molar-refractivity contribution in [1.82, 2.24) is 15.6 Å². The van der Waals surface area contributed by atoms with E-state index in [4.69, 9.17) is 9.63 Å². The molecule has 1 amide bonds. The van der Waals surface area contributed by atoms with Gasteiger partial charge in [0.1, 0.15) is 6.61 Å². The second-order valence-corrected chi connectivity index (χ2v) is 4.37. The molecule has 0 bridgehead atoms. The maximum Gasteiger partial charge on any atom is 0.273 e. The van der Waals surface area contributed by atoms with Crippen molar-refractivity contribution in [2.75, 3.05) is 6.54 Å². The molecule has 1 aromatic heterocycles. The number of nitrogens with one attached hydrogen (secondary N) is 2. The molecule has 0 saturated carbocycles. The van der Waals surface area contributed by atoms with Crippen LogP contribution in [0, 0.1) is 0 Å². The minimum Gasteiger partial charge on any atom is -0.388 e. The molecule has 2 atom stereocenters. The average molecular weight is 259 g/mol. The summed E-state index contributed by atoms with van der Waals surface area (Å²) in [4.78, 5) is 11.7. The third kappa shape index (κ3) is 3.77. The highest BCUT2D eigenvalue weighted by atomic mass is 31.0. The summed E-state index contributed by atoms with van der Waals surface area (Å²) in [6.45, 7) is 4.25. The summed E-state index contributed by atoms with van der Waals surface area (Å²) in [5.74, 6) is -0.0362. The summed E-state index contributed by atoms with van der Waals surface area (Å²) in [5.41, 5.74) is 0.000376. The molecule has 17 heavy (non-hydrogen) atoms. The summed E-state index contributed by atoms with van der Waals surface area (Å²) < 4.78 is 4.74. The lowest BCUT2D eigenvalue weighted by molar-refractivity contribution is 0.0933. The molecule has 2 unspecified atom stereocenters. The SMILES string of the molecule is CCC(C)(CNC(=O)c1cc(CO)on1)NP. The van der Waals surface area contributed by atoms with Gasteiger partial charge in [-0.05, 0) is 13.3 Å². The zero-order chi connectivity index (χ0) is 12.9. The van der Waals surface area contributed by atoms with E-state index in [1.165, 1.54) is 6.07 Å². The minimum atomic E-state index is -0.312. The fourth-order valence-corrected chi connectivity index (χ4v) is 1.44. The Hall–Kier alpha value is -0.970. The first-order chi connectivity index (χ1) is 8.04. The fourth-order valence-electron chi connectivity index (χ4n) is 1.14. The van der Waals surface area contributed by atoms with Gasteiger partial charge < -0.3 is 14.9 Å². The summed E-state index contributed by atoms with van der Waals surface area (Å²) in [6, 6.07) is 1.42. The molecule has 0 saturated heterocycles. The first-order valence-corrected chi connectivity index (χ1v) is 5.95. The van der Waals surface area contributed by atoms with Gasteiger partial charge in [-0.2, -0.15) is 0 Å². The van der Waals surface area contributed by atoms with Crippen LogP contribution in [0.3, 0.4) is 0 Å².